The third-order valence-electron chi connectivity index (χ3n) is 4.80. The number of hydrogen-bond donors (Lipinski definition) is 0. The van der Waals surface area contributed by atoms with Crippen LogP contribution in [-0.4, -0.2) is 33.0 Å². The molecule has 0 fully saturated rings. The van der Waals surface area contributed by atoms with E-state index in [1.165, 1.54) is 12.1 Å². The number of aromatic nitrogens is 4. The van der Waals surface area contributed by atoms with Gasteiger partial charge in [-0.05, 0) is 48.9 Å². The maximum Gasteiger partial charge on any atom is 0.125 e. The zero-order valence-electron chi connectivity index (χ0n) is 16.0. The Hall–Kier alpha value is -3.50. The molecular weight excluding hydrogens is 369 g/mol. The van der Waals surface area contributed by atoms with E-state index in [1.54, 1.807) is 36.2 Å². The number of nitrogens with zero attached hydrogens (tertiary/aromatic N) is 5. The maximum atomic E-state index is 13.7. The lowest BCUT2D eigenvalue weighted by atomic mass is 10.2. The lowest BCUT2D eigenvalue weighted by Gasteiger charge is -2.11. The molecule has 0 saturated carbocycles. The fourth-order valence-electron chi connectivity index (χ4n) is 3.47. The molecule has 0 radical (unpaired) electrons. The van der Waals surface area contributed by atoms with Gasteiger partial charge < -0.3 is 9.30 Å². The molecule has 0 saturated heterocycles. The first-order valence-electron chi connectivity index (χ1n) is 9.36. The van der Waals surface area contributed by atoms with Crippen LogP contribution in [0.15, 0.2) is 54.7 Å². The molecule has 2 aromatic carbocycles. The van der Waals surface area contributed by atoms with Crippen LogP contribution in [0.4, 0.5) is 4.39 Å². The van der Waals surface area contributed by atoms with Crippen molar-refractivity contribution in [2.45, 2.75) is 19.4 Å². The Morgan fingerprint density at radius 2 is 2.07 bits per heavy atom. The summed E-state index contributed by atoms with van der Waals surface area (Å²) in [6, 6.07) is 16.0. The lowest BCUT2D eigenvalue weighted by molar-refractivity contribution is 0.190. The Bertz CT molecular complexity index is 1190. The van der Waals surface area contributed by atoms with Gasteiger partial charge in [0.15, 0.2) is 0 Å². The molecule has 0 unspecified atom stereocenters. The topological polar surface area (TPSA) is 68.7 Å². The largest absolute Gasteiger partial charge is 0.385 e. The fourth-order valence-corrected chi connectivity index (χ4v) is 3.47. The number of hydrogen-bond acceptors (Lipinski definition) is 4. The van der Waals surface area contributed by atoms with Crippen molar-refractivity contribution in [3.63, 3.8) is 0 Å². The Kier molecular flexibility index (Phi) is 5.36. The van der Waals surface area contributed by atoms with Crippen molar-refractivity contribution >= 4 is 11.0 Å². The highest BCUT2D eigenvalue weighted by atomic mass is 19.1. The van der Waals surface area contributed by atoms with E-state index in [2.05, 4.69) is 15.7 Å². The highest BCUT2D eigenvalue weighted by Crippen LogP contribution is 2.22. The molecule has 0 N–H and O–H groups in total. The SMILES string of the molecule is COCCCn1c(Cc2ccnn2-c2cccc(F)c2)nc2cc(C#N)ccc21. The number of nitriles is 1. The molecule has 0 amide bonds. The first-order chi connectivity index (χ1) is 14.2. The summed E-state index contributed by atoms with van der Waals surface area (Å²) in [4.78, 5) is 4.78. The molecule has 4 rings (SSSR count). The monoisotopic (exact) mass is 389 g/mol. The van der Waals surface area contributed by atoms with E-state index in [4.69, 9.17) is 9.72 Å². The molecule has 0 aliphatic heterocycles. The predicted octanol–water partition coefficient (Wildman–Crippen LogP) is 3.86. The average molecular weight is 389 g/mol. The molecule has 7 heteroatoms. The molecule has 0 aliphatic carbocycles. The highest BCUT2D eigenvalue weighted by molar-refractivity contribution is 5.77. The lowest BCUT2D eigenvalue weighted by Crippen LogP contribution is -2.09. The zero-order valence-corrected chi connectivity index (χ0v) is 16.0. The summed E-state index contributed by atoms with van der Waals surface area (Å²) in [6.07, 6.45) is 3.07. The van der Waals surface area contributed by atoms with Crippen molar-refractivity contribution in [1.29, 1.82) is 5.26 Å². The van der Waals surface area contributed by atoms with Crippen LogP contribution >= 0.6 is 0 Å². The predicted molar refractivity (Wildman–Crippen MR) is 107 cm³/mol. The van der Waals surface area contributed by atoms with E-state index < -0.39 is 0 Å². The van der Waals surface area contributed by atoms with E-state index in [9.17, 15) is 9.65 Å². The molecule has 0 atom stereocenters. The smallest absolute Gasteiger partial charge is 0.125 e. The molecule has 146 valence electrons. The van der Waals surface area contributed by atoms with Crippen LogP contribution in [-0.2, 0) is 17.7 Å². The standard InChI is InChI=1S/C22H20FN5O/c1-29-11-3-10-27-21-7-6-16(15-24)12-20(21)26-22(27)14-19-8-9-25-28(19)18-5-2-4-17(23)13-18/h2,4-9,12-13H,3,10-11,14H2,1H3. The van der Waals surface area contributed by atoms with Crippen LogP contribution in [0.1, 0.15) is 23.5 Å². The van der Waals surface area contributed by atoms with E-state index in [0.717, 1.165) is 35.5 Å². The maximum absolute atomic E-state index is 13.7. The van der Waals surface area contributed by atoms with Crippen LogP contribution in [0.5, 0.6) is 0 Å². The molecule has 6 nitrogen and oxygen atoms in total. The average Bonchev–Trinajstić information content (AvgIpc) is 3.32. The molecule has 0 bridgehead atoms. The van der Waals surface area contributed by atoms with Gasteiger partial charge in [0.2, 0.25) is 0 Å². The van der Waals surface area contributed by atoms with Crippen LogP contribution in [0.25, 0.3) is 16.7 Å². The van der Waals surface area contributed by atoms with Gasteiger partial charge >= 0.3 is 0 Å². The number of methoxy groups -OCH3 is 1. The van der Waals surface area contributed by atoms with Crippen molar-refractivity contribution in [3.05, 3.63) is 77.6 Å². The minimum Gasteiger partial charge on any atom is -0.385 e. The van der Waals surface area contributed by atoms with Gasteiger partial charge in [0.1, 0.15) is 11.6 Å². The van der Waals surface area contributed by atoms with Crippen molar-refractivity contribution in [3.8, 4) is 11.8 Å². The van der Waals surface area contributed by atoms with Crippen LogP contribution in [0, 0.1) is 17.1 Å². The zero-order chi connectivity index (χ0) is 20.2. The van der Waals surface area contributed by atoms with E-state index in [1.807, 2.05) is 18.2 Å². The number of aryl methyl sites for hydroxylation is 1. The summed E-state index contributed by atoms with van der Waals surface area (Å²) in [5, 5.41) is 13.6. The second-order valence-electron chi connectivity index (χ2n) is 6.73. The first kappa shape index (κ1) is 18.8. The van der Waals surface area contributed by atoms with Crippen molar-refractivity contribution in [2.24, 2.45) is 0 Å². The van der Waals surface area contributed by atoms with Crippen molar-refractivity contribution < 1.29 is 9.13 Å². The summed E-state index contributed by atoms with van der Waals surface area (Å²) in [5.74, 6) is 0.559. The summed E-state index contributed by atoms with van der Waals surface area (Å²) < 4.78 is 22.7. The number of halogens is 1. The molecule has 0 spiro atoms. The first-order valence-corrected chi connectivity index (χ1v) is 9.36. The summed E-state index contributed by atoms with van der Waals surface area (Å²) >= 11 is 0. The fraction of sp³-hybridized carbons (Fsp3) is 0.227. The molecule has 29 heavy (non-hydrogen) atoms. The summed E-state index contributed by atoms with van der Waals surface area (Å²) in [6.45, 7) is 1.40. The second-order valence-corrected chi connectivity index (χ2v) is 6.73. The van der Waals surface area contributed by atoms with Gasteiger partial charge in [-0.3, -0.25) is 0 Å². The highest BCUT2D eigenvalue weighted by Gasteiger charge is 2.15. The number of benzene rings is 2. The Balaban J connectivity index is 1.73. The van der Waals surface area contributed by atoms with Gasteiger partial charge in [0.25, 0.3) is 0 Å². The normalized spacial score (nSPS) is 11.1. The van der Waals surface area contributed by atoms with Crippen LogP contribution in [0.3, 0.4) is 0 Å². The molecular formula is C22H20FN5O. The van der Waals surface area contributed by atoms with Gasteiger partial charge in [-0.2, -0.15) is 10.4 Å². The Morgan fingerprint density at radius 3 is 2.86 bits per heavy atom. The van der Waals surface area contributed by atoms with Gasteiger partial charge in [0, 0.05) is 32.9 Å². The van der Waals surface area contributed by atoms with Crippen LogP contribution < -0.4 is 0 Å². The Morgan fingerprint density at radius 1 is 1.17 bits per heavy atom. The van der Waals surface area contributed by atoms with Gasteiger partial charge in [0.05, 0.1) is 34.0 Å². The van der Waals surface area contributed by atoms with Crippen LogP contribution in [0.2, 0.25) is 0 Å². The quantitative estimate of drug-likeness (QED) is 0.450. The summed E-state index contributed by atoms with van der Waals surface area (Å²) in [7, 11) is 1.68. The van der Waals surface area contributed by atoms with Crippen molar-refractivity contribution in [2.75, 3.05) is 13.7 Å². The van der Waals surface area contributed by atoms with Crippen molar-refractivity contribution in [1.82, 2.24) is 19.3 Å². The third kappa shape index (κ3) is 3.89. The third-order valence-corrected chi connectivity index (χ3v) is 4.80. The van der Waals surface area contributed by atoms with Gasteiger partial charge in [-0.25, -0.2) is 14.1 Å². The number of rotatable bonds is 7. The Labute approximate surface area is 167 Å². The molecule has 4 aromatic rings. The molecule has 0 aliphatic rings. The molecule has 2 aromatic heterocycles. The number of imidazole rings is 1. The number of fused-ring (bicyclic) bond motifs is 1. The van der Waals surface area contributed by atoms with E-state index >= 15 is 0 Å². The van der Waals surface area contributed by atoms with E-state index in [0.29, 0.717) is 24.3 Å². The number of ether oxygens (including phenoxy) is 1. The minimum absolute atomic E-state index is 0.306. The second kappa shape index (κ2) is 8.25. The minimum atomic E-state index is -0.306. The summed E-state index contributed by atoms with van der Waals surface area (Å²) in [5.41, 5.74) is 3.91. The van der Waals surface area contributed by atoms with Gasteiger partial charge in [-0.1, -0.05) is 6.07 Å². The van der Waals surface area contributed by atoms with Gasteiger partial charge in [-0.15, -0.1) is 0 Å². The molecule has 2 heterocycles. The van der Waals surface area contributed by atoms with E-state index in [-0.39, 0.29) is 5.82 Å².